The summed E-state index contributed by atoms with van der Waals surface area (Å²) in [6.07, 6.45) is 0. The molecular formula is C6H2O3. The molecule has 3 heteroatoms. The first-order valence-corrected chi connectivity index (χ1v) is 2.14. The van der Waals surface area contributed by atoms with Gasteiger partial charge in [-0.15, -0.1) is 0 Å². The molecule has 0 aliphatic rings. The Morgan fingerprint density at radius 1 is 1.22 bits per heavy atom. The molecule has 0 aliphatic heterocycles. The van der Waals surface area contributed by atoms with Crippen LogP contribution in [-0.4, -0.2) is 0 Å². The van der Waals surface area contributed by atoms with Crippen molar-refractivity contribution in [2.24, 2.45) is 0 Å². The van der Waals surface area contributed by atoms with Gasteiger partial charge in [-0.05, 0) is 0 Å². The van der Waals surface area contributed by atoms with Gasteiger partial charge in [0.15, 0.2) is 12.9 Å². The number of ether oxygens (including phenoxy) is 1. The van der Waals surface area contributed by atoms with Crippen LogP contribution in [0.3, 0.4) is 0 Å². The second-order valence-corrected chi connectivity index (χ2v) is 1.52. The summed E-state index contributed by atoms with van der Waals surface area (Å²) in [4.78, 5) is 20.6. The molecule has 0 unspecified atom stereocenters. The summed E-state index contributed by atoms with van der Waals surface area (Å²) in [6, 6.07) is 0. The third-order valence-electron chi connectivity index (χ3n) is 1.02. The third kappa shape index (κ3) is 0.575. The fourth-order valence-corrected chi connectivity index (χ4v) is 0.505. The van der Waals surface area contributed by atoms with Crippen LogP contribution in [-0.2, 0) is 0 Å². The highest BCUT2D eigenvalue weighted by Gasteiger charge is 2.16. The second-order valence-electron chi connectivity index (χ2n) is 1.52. The van der Waals surface area contributed by atoms with E-state index in [1.54, 1.807) is 0 Å². The molecule has 0 spiro atoms. The third-order valence-corrected chi connectivity index (χ3v) is 1.02. The number of hydrogen-bond acceptors (Lipinski definition) is 3. The van der Waals surface area contributed by atoms with E-state index in [4.69, 9.17) is 6.92 Å². The molecule has 0 amide bonds. The molecule has 1 rings (SSSR count). The Balaban J connectivity index is 3.25. The van der Waals surface area contributed by atoms with Gasteiger partial charge < -0.3 is 4.74 Å². The van der Waals surface area contributed by atoms with Crippen LogP contribution in [0.5, 0.6) is 5.75 Å². The van der Waals surface area contributed by atoms with Crippen LogP contribution in [0.2, 0.25) is 0 Å². The highest BCUT2D eigenvalue weighted by Crippen LogP contribution is 2.06. The smallest absolute Gasteiger partial charge is 0.268 e. The van der Waals surface area contributed by atoms with E-state index in [0.717, 1.165) is 0 Å². The fourth-order valence-electron chi connectivity index (χ4n) is 0.505. The van der Waals surface area contributed by atoms with Crippen molar-refractivity contribution < 1.29 is 4.74 Å². The first-order valence-electron chi connectivity index (χ1n) is 2.14. The average Bonchev–Trinajstić information content (AvgIpc) is 1.89. The maximum Gasteiger partial charge on any atom is 0.268 e. The summed E-state index contributed by atoms with van der Waals surface area (Å²) in [7, 11) is 4.57. The van der Waals surface area contributed by atoms with Crippen LogP contribution < -0.4 is 15.6 Å². The van der Waals surface area contributed by atoms with E-state index in [0.29, 0.717) is 0 Å². The van der Waals surface area contributed by atoms with Crippen molar-refractivity contribution in [1.29, 1.82) is 0 Å². The molecule has 1 aromatic carbocycles. The molecule has 0 fully saturated rings. The molecule has 4 radical (unpaired) electrons. The molecule has 0 aliphatic carbocycles. The lowest BCUT2D eigenvalue weighted by Crippen LogP contribution is -2.34. The summed E-state index contributed by atoms with van der Waals surface area (Å²) in [6.45, 7) is 4.97. The Bertz CT molecular complexity index is 291. The fraction of sp³-hybridized carbons (Fsp3) is 0. The Kier molecular flexibility index (Phi) is 1.12. The summed E-state index contributed by atoms with van der Waals surface area (Å²) in [5.74, 6) is -0.236. The highest BCUT2D eigenvalue weighted by atomic mass is 16.5. The van der Waals surface area contributed by atoms with Gasteiger partial charge in [-0.25, -0.2) is 0 Å². The van der Waals surface area contributed by atoms with Crippen LogP contribution >= 0.6 is 0 Å². The Morgan fingerprint density at radius 2 is 1.78 bits per heavy atom. The minimum atomic E-state index is -0.755. The van der Waals surface area contributed by atoms with Gasteiger partial charge >= 0.3 is 0 Å². The van der Waals surface area contributed by atoms with Crippen LogP contribution in [0, 0.1) is 14.0 Å². The maximum absolute atomic E-state index is 10.3. The Hall–Kier alpha value is -1.12. The first-order chi connectivity index (χ1) is 4.18. The van der Waals surface area contributed by atoms with Crippen LogP contribution in [0.15, 0.2) is 9.59 Å². The molecule has 44 valence electrons. The molecule has 3 nitrogen and oxygen atoms in total. The number of hydrogen-bond donors (Lipinski definition) is 0. The SMILES string of the molecule is [CH]Oc1c([CH])c(=O)c1=O. The van der Waals surface area contributed by atoms with Gasteiger partial charge in [0, 0.05) is 6.92 Å². The van der Waals surface area contributed by atoms with E-state index in [-0.39, 0.29) is 11.3 Å². The van der Waals surface area contributed by atoms with Gasteiger partial charge in [0.05, 0.1) is 5.56 Å². The predicted molar refractivity (Wildman–Crippen MR) is 29.7 cm³/mol. The normalized spacial score (nSPS) is 10.0. The quantitative estimate of drug-likeness (QED) is 0.466. The zero-order valence-electron chi connectivity index (χ0n) is 4.38. The van der Waals surface area contributed by atoms with E-state index in [1.165, 1.54) is 0 Å². The van der Waals surface area contributed by atoms with Crippen LogP contribution in [0.4, 0.5) is 0 Å². The zero-order valence-corrected chi connectivity index (χ0v) is 4.38. The van der Waals surface area contributed by atoms with E-state index in [9.17, 15) is 9.59 Å². The molecule has 0 atom stereocenters. The van der Waals surface area contributed by atoms with Gasteiger partial charge in [0.2, 0.25) is 5.43 Å². The lowest BCUT2D eigenvalue weighted by Gasteiger charge is -2.00. The van der Waals surface area contributed by atoms with Gasteiger partial charge in [-0.1, -0.05) is 0 Å². The van der Waals surface area contributed by atoms with E-state index >= 15 is 0 Å². The predicted octanol–water partition coefficient (Wildman–Crippen LogP) is -0.611. The summed E-state index contributed by atoms with van der Waals surface area (Å²) in [5.41, 5.74) is -1.67. The van der Waals surface area contributed by atoms with Crippen molar-refractivity contribution in [2.75, 3.05) is 0 Å². The molecule has 0 saturated heterocycles. The van der Waals surface area contributed by atoms with Gasteiger partial charge in [-0.2, -0.15) is 0 Å². The largest absolute Gasteiger partial charge is 0.478 e. The Labute approximate surface area is 51.6 Å². The molecule has 0 N–H and O–H groups in total. The van der Waals surface area contributed by atoms with E-state index in [2.05, 4.69) is 11.8 Å². The van der Waals surface area contributed by atoms with E-state index < -0.39 is 10.9 Å². The van der Waals surface area contributed by atoms with Crippen molar-refractivity contribution in [3.05, 3.63) is 40.0 Å². The summed E-state index contributed by atoms with van der Waals surface area (Å²) >= 11 is 0. The molecule has 0 aromatic heterocycles. The lowest BCUT2D eigenvalue weighted by atomic mass is 10.1. The lowest BCUT2D eigenvalue weighted by molar-refractivity contribution is 0.459. The van der Waals surface area contributed by atoms with Crippen LogP contribution in [0.1, 0.15) is 5.56 Å². The zero-order chi connectivity index (χ0) is 7.02. The minimum Gasteiger partial charge on any atom is -0.478 e. The molecule has 9 heavy (non-hydrogen) atoms. The first kappa shape index (κ1) is 6.01. The standard InChI is InChI=1S/C6H2O3/c1-3-4(7)5(8)6(3)9-2/h1-2H. The van der Waals surface area contributed by atoms with Crippen molar-refractivity contribution >= 4 is 0 Å². The van der Waals surface area contributed by atoms with Crippen molar-refractivity contribution in [3.8, 4) is 5.75 Å². The molecule has 0 saturated carbocycles. The van der Waals surface area contributed by atoms with Crippen molar-refractivity contribution in [2.45, 2.75) is 0 Å². The molecule has 0 bridgehead atoms. The Morgan fingerprint density at radius 3 is 2.00 bits per heavy atom. The topological polar surface area (TPSA) is 43.4 Å². The minimum absolute atomic E-state index is 0.192. The summed E-state index contributed by atoms with van der Waals surface area (Å²) in [5, 5.41) is 0. The maximum atomic E-state index is 10.3. The molecule has 0 heterocycles. The molecule has 1 aromatic rings. The van der Waals surface area contributed by atoms with Gasteiger partial charge in [0.25, 0.3) is 5.43 Å². The van der Waals surface area contributed by atoms with Crippen LogP contribution in [0.25, 0.3) is 0 Å². The average molecular weight is 122 g/mol. The molecular weight excluding hydrogens is 120 g/mol. The van der Waals surface area contributed by atoms with Gasteiger partial charge in [0.1, 0.15) is 0 Å². The van der Waals surface area contributed by atoms with Gasteiger partial charge in [-0.3, -0.25) is 9.59 Å². The number of rotatable bonds is 1. The monoisotopic (exact) mass is 122 g/mol. The van der Waals surface area contributed by atoms with E-state index in [1.807, 2.05) is 0 Å². The van der Waals surface area contributed by atoms with Crippen molar-refractivity contribution in [1.82, 2.24) is 0 Å². The second kappa shape index (κ2) is 1.69. The highest BCUT2D eigenvalue weighted by molar-refractivity contribution is 5.41. The summed E-state index contributed by atoms with van der Waals surface area (Å²) < 4.78 is 3.97. The van der Waals surface area contributed by atoms with Crippen molar-refractivity contribution in [3.63, 3.8) is 0 Å².